The lowest BCUT2D eigenvalue weighted by Crippen LogP contribution is -2.01. The summed E-state index contributed by atoms with van der Waals surface area (Å²) in [6, 6.07) is 61.2. The maximum Gasteiger partial charge on any atom is 0.164 e. The summed E-state index contributed by atoms with van der Waals surface area (Å²) in [7, 11) is 0. The summed E-state index contributed by atoms with van der Waals surface area (Å²) in [4.78, 5) is 15.5. The van der Waals surface area contributed by atoms with Gasteiger partial charge in [-0.05, 0) is 74.1 Å². The van der Waals surface area contributed by atoms with Gasteiger partial charge in [-0.25, -0.2) is 15.0 Å². The zero-order chi connectivity index (χ0) is 33.7. The van der Waals surface area contributed by atoms with E-state index in [-0.39, 0.29) is 0 Å². The normalized spacial score (nSPS) is 11.5. The van der Waals surface area contributed by atoms with Crippen LogP contribution in [0.15, 0.2) is 180 Å². The summed E-state index contributed by atoms with van der Waals surface area (Å²) in [5, 5.41) is 6.70. The molecule has 0 radical (unpaired) electrons. The van der Waals surface area contributed by atoms with Gasteiger partial charge in [0.1, 0.15) is 11.2 Å². The van der Waals surface area contributed by atoms with E-state index < -0.39 is 0 Å². The van der Waals surface area contributed by atoms with Crippen LogP contribution < -0.4 is 0 Å². The summed E-state index contributed by atoms with van der Waals surface area (Å²) in [5.41, 5.74) is 9.06. The van der Waals surface area contributed by atoms with E-state index in [9.17, 15) is 0 Å². The smallest absolute Gasteiger partial charge is 0.164 e. The summed E-state index contributed by atoms with van der Waals surface area (Å²) in [6.07, 6.45) is 0. The molecule has 10 rings (SSSR count). The van der Waals surface area contributed by atoms with Crippen molar-refractivity contribution < 1.29 is 4.42 Å². The Hall–Kier alpha value is -6.91. The number of benzene rings is 8. The van der Waals surface area contributed by atoms with Crippen LogP contribution in [0.3, 0.4) is 0 Å². The third-order valence-electron chi connectivity index (χ3n) is 9.71. The van der Waals surface area contributed by atoms with E-state index in [0.29, 0.717) is 17.5 Å². The first-order valence-corrected chi connectivity index (χ1v) is 17.1. The molecule has 0 atom stereocenters. The molecule has 0 N–H and O–H groups in total. The maximum atomic E-state index is 6.26. The molecule has 2 aromatic heterocycles. The third kappa shape index (κ3) is 5.04. The molecular formula is C47H29N3O. The van der Waals surface area contributed by atoms with E-state index in [2.05, 4.69) is 115 Å². The molecule has 0 spiro atoms. The highest BCUT2D eigenvalue weighted by Gasteiger charge is 2.19. The number of fused-ring (bicyclic) bond motifs is 5. The number of furan rings is 1. The van der Waals surface area contributed by atoms with Crippen molar-refractivity contribution in [3.8, 4) is 56.4 Å². The number of hydrogen-bond acceptors (Lipinski definition) is 4. The molecule has 238 valence electrons. The summed E-state index contributed by atoms with van der Waals surface area (Å²) in [5.74, 6) is 1.83. The SMILES string of the molecule is c1ccc(-c2ccc3cccc(-c4cc(-c5nc(-c6ccccc6)nc(-c6cccc7oc8ccccc8c67)n5)cc5ccccc45)c3c2)cc1. The van der Waals surface area contributed by atoms with Crippen molar-refractivity contribution in [3.63, 3.8) is 0 Å². The van der Waals surface area contributed by atoms with Crippen LogP contribution in [0.25, 0.3) is 99.9 Å². The lowest BCUT2D eigenvalue weighted by molar-refractivity contribution is 0.669. The Kier molecular flexibility index (Phi) is 6.78. The van der Waals surface area contributed by atoms with Crippen molar-refractivity contribution in [2.24, 2.45) is 0 Å². The van der Waals surface area contributed by atoms with Crippen molar-refractivity contribution in [2.45, 2.75) is 0 Å². The van der Waals surface area contributed by atoms with Gasteiger partial charge >= 0.3 is 0 Å². The Morgan fingerprint density at radius 3 is 1.78 bits per heavy atom. The molecule has 0 saturated carbocycles. The van der Waals surface area contributed by atoms with Crippen molar-refractivity contribution in [3.05, 3.63) is 176 Å². The van der Waals surface area contributed by atoms with E-state index in [0.717, 1.165) is 55.1 Å². The largest absolute Gasteiger partial charge is 0.456 e. The number of para-hydroxylation sites is 1. The number of aromatic nitrogens is 3. The highest BCUT2D eigenvalue weighted by atomic mass is 16.3. The predicted octanol–water partition coefficient (Wildman–Crippen LogP) is 12.4. The Bertz CT molecular complexity index is 2910. The standard InChI is InChI=1S/C47H29N3O/c1-3-13-30(14-4-1)33-26-25-31-18-11-21-37(40(31)28-33)41-29-35(27-34-17-7-8-19-36(34)41)46-48-45(32-15-5-2-6-16-32)49-47(50-46)39-22-12-24-43-44(39)38-20-9-10-23-42(38)51-43/h1-29H. The van der Waals surface area contributed by atoms with Crippen molar-refractivity contribution in [2.75, 3.05) is 0 Å². The first kappa shape index (κ1) is 29.0. The predicted molar refractivity (Wildman–Crippen MR) is 209 cm³/mol. The molecule has 51 heavy (non-hydrogen) atoms. The van der Waals surface area contributed by atoms with Gasteiger partial charge < -0.3 is 4.42 Å². The Morgan fingerprint density at radius 1 is 0.314 bits per heavy atom. The molecular weight excluding hydrogens is 623 g/mol. The summed E-state index contributed by atoms with van der Waals surface area (Å²) < 4.78 is 6.26. The lowest BCUT2D eigenvalue weighted by Gasteiger charge is -2.15. The van der Waals surface area contributed by atoms with Gasteiger partial charge in [0, 0.05) is 27.5 Å². The van der Waals surface area contributed by atoms with Crippen molar-refractivity contribution >= 4 is 43.5 Å². The molecule has 0 aliphatic carbocycles. The first-order chi connectivity index (χ1) is 25.3. The Balaban J connectivity index is 1.23. The second kappa shape index (κ2) is 11.9. The minimum atomic E-state index is 0.600. The van der Waals surface area contributed by atoms with Gasteiger partial charge in [0.2, 0.25) is 0 Å². The van der Waals surface area contributed by atoms with Crippen LogP contribution in [0.1, 0.15) is 0 Å². The molecule has 0 saturated heterocycles. The van der Waals surface area contributed by atoms with Crippen LogP contribution in [-0.4, -0.2) is 15.0 Å². The second-order valence-corrected chi connectivity index (χ2v) is 12.8. The van der Waals surface area contributed by atoms with Crippen LogP contribution in [0.5, 0.6) is 0 Å². The third-order valence-corrected chi connectivity index (χ3v) is 9.71. The molecule has 0 fully saturated rings. The van der Waals surface area contributed by atoms with Gasteiger partial charge in [-0.2, -0.15) is 0 Å². The molecule has 4 heteroatoms. The van der Waals surface area contributed by atoms with Crippen LogP contribution in [0.4, 0.5) is 0 Å². The topological polar surface area (TPSA) is 51.8 Å². The zero-order valence-electron chi connectivity index (χ0n) is 27.5. The monoisotopic (exact) mass is 651 g/mol. The zero-order valence-corrected chi connectivity index (χ0v) is 27.5. The minimum Gasteiger partial charge on any atom is -0.456 e. The molecule has 10 aromatic rings. The van der Waals surface area contributed by atoms with E-state index in [1.807, 2.05) is 60.7 Å². The molecule has 4 nitrogen and oxygen atoms in total. The summed E-state index contributed by atoms with van der Waals surface area (Å²) >= 11 is 0. The van der Waals surface area contributed by atoms with E-state index >= 15 is 0 Å². The van der Waals surface area contributed by atoms with Crippen LogP contribution in [0, 0.1) is 0 Å². The van der Waals surface area contributed by atoms with Crippen molar-refractivity contribution in [1.29, 1.82) is 0 Å². The van der Waals surface area contributed by atoms with Gasteiger partial charge in [0.25, 0.3) is 0 Å². The van der Waals surface area contributed by atoms with E-state index in [1.165, 1.54) is 27.3 Å². The Morgan fingerprint density at radius 2 is 0.941 bits per heavy atom. The highest BCUT2D eigenvalue weighted by Crippen LogP contribution is 2.40. The number of rotatable bonds is 5. The van der Waals surface area contributed by atoms with E-state index in [4.69, 9.17) is 19.4 Å². The fourth-order valence-electron chi connectivity index (χ4n) is 7.28. The van der Waals surface area contributed by atoms with Gasteiger partial charge in [-0.1, -0.05) is 146 Å². The molecule has 2 heterocycles. The molecule has 0 amide bonds. The lowest BCUT2D eigenvalue weighted by atomic mass is 9.90. The molecule has 8 aromatic carbocycles. The van der Waals surface area contributed by atoms with Gasteiger partial charge in [0.15, 0.2) is 17.5 Å². The van der Waals surface area contributed by atoms with E-state index in [1.54, 1.807) is 0 Å². The average molecular weight is 652 g/mol. The molecule has 0 unspecified atom stereocenters. The first-order valence-electron chi connectivity index (χ1n) is 17.1. The average Bonchev–Trinajstić information content (AvgIpc) is 3.59. The molecule has 0 aliphatic heterocycles. The summed E-state index contributed by atoms with van der Waals surface area (Å²) in [6.45, 7) is 0. The fourth-order valence-corrected chi connectivity index (χ4v) is 7.28. The number of nitrogens with zero attached hydrogens (tertiary/aromatic N) is 3. The molecule has 0 bridgehead atoms. The van der Waals surface area contributed by atoms with Gasteiger partial charge in [-0.15, -0.1) is 0 Å². The molecule has 0 aliphatic rings. The fraction of sp³-hybridized carbons (Fsp3) is 0. The van der Waals surface area contributed by atoms with Crippen LogP contribution in [0.2, 0.25) is 0 Å². The van der Waals surface area contributed by atoms with Gasteiger partial charge in [0.05, 0.1) is 0 Å². The highest BCUT2D eigenvalue weighted by molar-refractivity contribution is 6.12. The van der Waals surface area contributed by atoms with Crippen LogP contribution >= 0.6 is 0 Å². The second-order valence-electron chi connectivity index (χ2n) is 12.8. The van der Waals surface area contributed by atoms with Crippen molar-refractivity contribution in [1.82, 2.24) is 15.0 Å². The van der Waals surface area contributed by atoms with Crippen LogP contribution in [-0.2, 0) is 0 Å². The maximum absolute atomic E-state index is 6.26. The number of hydrogen-bond donors (Lipinski definition) is 0. The minimum absolute atomic E-state index is 0.600. The Labute approximate surface area is 294 Å². The van der Waals surface area contributed by atoms with Gasteiger partial charge in [-0.3, -0.25) is 0 Å². The quantitative estimate of drug-likeness (QED) is 0.186.